The minimum atomic E-state index is 0.772. The van der Waals surface area contributed by atoms with Crippen molar-refractivity contribution in [1.82, 2.24) is 0 Å². The summed E-state index contributed by atoms with van der Waals surface area (Å²) in [5.74, 6) is 3.77. The highest BCUT2D eigenvalue weighted by Crippen LogP contribution is 2.40. The van der Waals surface area contributed by atoms with E-state index in [1.165, 1.54) is 82.6 Å². The van der Waals surface area contributed by atoms with Crippen molar-refractivity contribution in [3.05, 3.63) is 47.5 Å². The van der Waals surface area contributed by atoms with Crippen molar-refractivity contribution < 1.29 is 0 Å². The lowest BCUT2D eigenvalue weighted by atomic mass is 9.74. The zero-order chi connectivity index (χ0) is 17.5. The molecule has 0 unspecified atom stereocenters. The van der Waals surface area contributed by atoms with Gasteiger partial charge in [-0.3, -0.25) is 0 Å². The Balaban J connectivity index is 1.33. The minimum absolute atomic E-state index is 0.772. The van der Waals surface area contributed by atoms with Gasteiger partial charge < -0.3 is 0 Å². The normalized spacial score (nSPS) is 30.1. The Labute approximate surface area is 160 Å². The Morgan fingerprint density at radius 1 is 0.760 bits per heavy atom. The first kappa shape index (κ1) is 19.0. The lowest BCUT2D eigenvalue weighted by molar-refractivity contribution is 0.225. The maximum absolute atomic E-state index is 6.02. The van der Waals surface area contributed by atoms with Gasteiger partial charge in [-0.25, -0.2) is 0 Å². The molecule has 0 atom stereocenters. The number of rotatable bonds is 7. The molecule has 25 heavy (non-hydrogen) atoms. The fourth-order valence-corrected chi connectivity index (χ4v) is 5.28. The van der Waals surface area contributed by atoms with E-state index < -0.39 is 0 Å². The molecule has 0 nitrogen and oxygen atoms in total. The van der Waals surface area contributed by atoms with Crippen molar-refractivity contribution >= 4 is 11.6 Å². The summed E-state index contributed by atoms with van der Waals surface area (Å²) in [4.78, 5) is 0. The third kappa shape index (κ3) is 5.88. The van der Waals surface area contributed by atoms with Crippen LogP contribution in [0.1, 0.15) is 88.5 Å². The summed E-state index contributed by atoms with van der Waals surface area (Å²) in [5, 5.41) is 0.858. The van der Waals surface area contributed by atoms with E-state index in [0.717, 1.165) is 28.7 Å². The summed E-state index contributed by atoms with van der Waals surface area (Å²) >= 11 is 6.02. The monoisotopic (exact) mass is 358 g/mol. The summed E-state index contributed by atoms with van der Waals surface area (Å²) in [6, 6.07) is 8.57. The smallest absolute Gasteiger partial charge is 0.0406 e. The molecule has 1 aromatic rings. The predicted octanol–water partition coefficient (Wildman–Crippen LogP) is 8.17. The van der Waals surface area contributed by atoms with E-state index in [0.29, 0.717) is 0 Å². The highest BCUT2D eigenvalue weighted by Gasteiger charge is 2.25. The molecule has 0 radical (unpaired) electrons. The molecule has 1 aromatic carbocycles. The van der Waals surface area contributed by atoms with Crippen LogP contribution in [0.2, 0.25) is 5.02 Å². The molecule has 2 fully saturated rings. The third-order valence-corrected chi connectivity index (χ3v) is 7.17. The molecule has 2 aliphatic carbocycles. The highest BCUT2D eigenvalue weighted by atomic mass is 35.5. The van der Waals surface area contributed by atoms with Crippen molar-refractivity contribution in [1.29, 1.82) is 0 Å². The maximum Gasteiger partial charge on any atom is 0.0406 e. The Morgan fingerprint density at radius 2 is 1.24 bits per heavy atom. The zero-order valence-electron chi connectivity index (χ0n) is 15.8. The fourth-order valence-electron chi connectivity index (χ4n) is 5.15. The van der Waals surface area contributed by atoms with Crippen LogP contribution in [0.25, 0.3) is 0 Å². The van der Waals surface area contributed by atoms with Gasteiger partial charge in [0.1, 0.15) is 0 Å². The number of benzene rings is 1. The molecule has 0 saturated heterocycles. The van der Waals surface area contributed by atoms with Crippen LogP contribution in [0.5, 0.6) is 0 Å². The number of halogens is 1. The van der Waals surface area contributed by atoms with E-state index in [-0.39, 0.29) is 0 Å². The average molecular weight is 359 g/mol. The fraction of sp³-hybridized carbons (Fsp3) is 0.667. The van der Waals surface area contributed by atoms with Crippen molar-refractivity contribution in [3.63, 3.8) is 0 Å². The number of hydrogen-bond donors (Lipinski definition) is 0. The zero-order valence-corrected chi connectivity index (χ0v) is 16.5. The SMILES string of the molecule is C=CCC[C@H]1CC[C@H](CCC2CCC(c3ccc(Cl)cc3)CC2)CC1. The second kappa shape index (κ2) is 9.81. The molecule has 2 saturated carbocycles. The molecule has 0 aromatic heterocycles. The minimum Gasteiger partial charge on any atom is -0.103 e. The molecule has 0 N–H and O–H groups in total. The van der Waals surface area contributed by atoms with Crippen LogP contribution in [0.3, 0.4) is 0 Å². The molecule has 0 spiro atoms. The highest BCUT2D eigenvalue weighted by molar-refractivity contribution is 6.30. The Morgan fingerprint density at radius 3 is 1.76 bits per heavy atom. The number of allylic oxidation sites excluding steroid dienone is 1. The standard InChI is InChI=1S/C24H35Cl/c1-2-3-4-19-5-7-20(8-6-19)9-10-21-11-13-22(14-12-21)23-15-17-24(25)18-16-23/h2,15-22H,1,3-14H2/t19-,20-,21?,22?. The molecule has 0 heterocycles. The van der Waals surface area contributed by atoms with E-state index in [4.69, 9.17) is 11.6 Å². The molecule has 3 rings (SSSR count). The quantitative estimate of drug-likeness (QED) is 0.431. The van der Waals surface area contributed by atoms with Crippen LogP contribution in [-0.2, 0) is 0 Å². The van der Waals surface area contributed by atoms with Crippen LogP contribution < -0.4 is 0 Å². The van der Waals surface area contributed by atoms with Gasteiger partial charge in [-0.05, 0) is 79.9 Å². The maximum atomic E-state index is 6.02. The van der Waals surface area contributed by atoms with Crippen LogP contribution in [0, 0.1) is 17.8 Å². The van der Waals surface area contributed by atoms with Crippen molar-refractivity contribution in [2.24, 2.45) is 17.8 Å². The van der Waals surface area contributed by atoms with Gasteiger partial charge in [-0.1, -0.05) is 68.3 Å². The predicted molar refractivity (Wildman–Crippen MR) is 110 cm³/mol. The van der Waals surface area contributed by atoms with E-state index in [1.807, 2.05) is 12.1 Å². The van der Waals surface area contributed by atoms with Gasteiger partial charge in [0, 0.05) is 5.02 Å². The van der Waals surface area contributed by atoms with E-state index >= 15 is 0 Å². The van der Waals surface area contributed by atoms with Gasteiger partial charge in [0.05, 0.1) is 0 Å². The largest absolute Gasteiger partial charge is 0.103 e. The summed E-state index contributed by atoms with van der Waals surface area (Å²) < 4.78 is 0. The second-order valence-corrected chi connectivity index (χ2v) is 9.04. The van der Waals surface area contributed by atoms with Gasteiger partial charge >= 0.3 is 0 Å². The second-order valence-electron chi connectivity index (χ2n) is 8.60. The summed E-state index contributed by atoms with van der Waals surface area (Å²) in [6.45, 7) is 3.86. The van der Waals surface area contributed by atoms with Crippen LogP contribution in [0.15, 0.2) is 36.9 Å². The first-order valence-corrected chi connectivity index (χ1v) is 11.0. The molecule has 1 heteroatoms. The molecular weight excluding hydrogens is 324 g/mol. The Kier molecular flexibility index (Phi) is 7.47. The summed E-state index contributed by atoms with van der Waals surface area (Å²) in [5.41, 5.74) is 1.50. The van der Waals surface area contributed by atoms with Crippen LogP contribution >= 0.6 is 11.6 Å². The topological polar surface area (TPSA) is 0 Å². The molecule has 0 aliphatic heterocycles. The Hall–Kier alpha value is -0.750. The van der Waals surface area contributed by atoms with Gasteiger partial charge in [0.25, 0.3) is 0 Å². The van der Waals surface area contributed by atoms with Crippen LogP contribution in [-0.4, -0.2) is 0 Å². The van der Waals surface area contributed by atoms with Crippen LogP contribution in [0.4, 0.5) is 0 Å². The van der Waals surface area contributed by atoms with Gasteiger partial charge in [-0.15, -0.1) is 6.58 Å². The van der Waals surface area contributed by atoms with E-state index in [1.54, 1.807) is 0 Å². The average Bonchev–Trinajstić information content (AvgIpc) is 2.67. The summed E-state index contributed by atoms with van der Waals surface area (Å²) in [7, 11) is 0. The first-order valence-electron chi connectivity index (χ1n) is 10.6. The molecule has 138 valence electrons. The lowest BCUT2D eigenvalue weighted by Gasteiger charge is -2.32. The van der Waals surface area contributed by atoms with Crippen molar-refractivity contribution in [3.8, 4) is 0 Å². The van der Waals surface area contributed by atoms with E-state index in [2.05, 4.69) is 24.8 Å². The third-order valence-electron chi connectivity index (χ3n) is 6.92. The number of hydrogen-bond acceptors (Lipinski definition) is 0. The lowest BCUT2D eigenvalue weighted by Crippen LogP contribution is -2.17. The molecular formula is C24H35Cl. The van der Waals surface area contributed by atoms with Crippen molar-refractivity contribution in [2.45, 2.75) is 83.0 Å². The molecule has 2 aliphatic rings. The van der Waals surface area contributed by atoms with Gasteiger partial charge in [-0.2, -0.15) is 0 Å². The summed E-state index contributed by atoms with van der Waals surface area (Å²) in [6.07, 6.45) is 19.2. The Bertz CT molecular complexity index is 501. The molecule has 0 bridgehead atoms. The molecule has 0 amide bonds. The van der Waals surface area contributed by atoms with Gasteiger partial charge in [0.2, 0.25) is 0 Å². The van der Waals surface area contributed by atoms with Crippen molar-refractivity contribution in [2.75, 3.05) is 0 Å². The first-order chi connectivity index (χ1) is 12.2. The van der Waals surface area contributed by atoms with Gasteiger partial charge in [0.15, 0.2) is 0 Å². The van der Waals surface area contributed by atoms with E-state index in [9.17, 15) is 0 Å².